The van der Waals surface area contributed by atoms with Gasteiger partial charge in [-0.05, 0) is 206 Å². The normalized spacial score (nSPS) is 13.3. The Labute approximate surface area is 587 Å². The number of benzene rings is 11. The first-order valence-corrected chi connectivity index (χ1v) is 35.8. The predicted octanol–water partition coefficient (Wildman–Crippen LogP) is 23.3. The maximum absolute atomic E-state index is 6.00. The highest BCUT2D eigenvalue weighted by atomic mass is 15.0. The maximum Gasteiger partial charge on any atom is 0.252 e. The van der Waals surface area contributed by atoms with Gasteiger partial charge in [0.25, 0.3) is 6.71 Å². The summed E-state index contributed by atoms with van der Waals surface area (Å²) in [6.45, 7) is 42.1. The average molecular weight is 1290 g/mol. The summed E-state index contributed by atoms with van der Waals surface area (Å²) in [5, 5.41) is 5.05. The molecule has 0 bridgehead atoms. The maximum atomic E-state index is 6.00. The van der Waals surface area contributed by atoms with Crippen molar-refractivity contribution in [3.8, 4) is 89.8 Å². The molecule has 490 valence electrons. The highest BCUT2D eigenvalue weighted by Gasteiger charge is 2.44. The van der Waals surface area contributed by atoms with Crippen LogP contribution in [0.5, 0.6) is 0 Å². The van der Waals surface area contributed by atoms with Gasteiger partial charge in [0.2, 0.25) is 0 Å². The van der Waals surface area contributed by atoms with Crippen LogP contribution in [-0.2, 0) is 32.5 Å². The van der Waals surface area contributed by atoms with Gasteiger partial charge in [0.1, 0.15) is 0 Å². The van der Waals surface area contributed by atoms with Crippen molar-refractivity contribution in [1.82, 2.24) is 19.1 Å². The third-order valence-corrected chi connectivity index (χ3v) is 21.5. The van der Waals surface area contributed by atoms with Gasteiger partial charge >= 0.3 is 0 Å². The van der Waals surface area contributed by atoms with Crippen LogP contribution < -0.4 is 16.4 Å². The highest BCUT2D eigenvalue weighted by Crippen LogP contribution is 2.49. The minimum absolute atomic E-state index is 0.125. The molecular weight excluding hydrogens is 1200 g/mol. The van der Waals surface area contributed by atoms with Gasteiger partial charge in [0.05, 0.1) is 22.4 Å². The summed E-state index contributed by atoms with van der Waals surface area (Å²) in [6.07, 6.45) is 0. The Kier molecular flexibility index (Phi) is 14.4. The lowest BCUT2D eigenvalue weighted by molar-refractivity contribution is 0.568. The largest absolute Gasteiger partial charge is 0.310 e. The van der Waals surface area contributed by atoms with Crippen LogP contribution in [0.15, 0.2) is 224 Å². The molecule has 0 amide bonds. The van der Waals surface area contributed by atoms with E-state index in [9.17, 15) is 0 Å². The Hall–Kier alpha value is -9.84. The lowest BCUT2D eigenvalue weighted by atomic mass is 9.34. The summed E-state index contributed by atoms with van der Waals surface area (Å²) in [7, 11) is 0. The Bertz CT molecular complexity index is 5220. The monoisotopic (exact) mass is 1290 g/mol. The summed E-state index contributed by atoms with van der Waals surface area (Å²) in [4.78, 5) is 11.8. The van der Waals surface area contributed by atoms with Gasteiger partial charge in [0, 0.05) is 60.6 Å². The Balaban J connectivity index is 1.13. The van der Waals surface area contributed by atoms with E-state index in [2.05, 4.69) is 358 Å². The van der Waals surface area contributed by atoms with Crippen molar-refractivity contribution in [2.24, 2.45) is 0 Å². The van der Waals surface area contributed by atoms with Crippen molar-refractivity contribution in [3.63, 3.8) is 0 Å². The third kappa shape index (κ3) is 10.8. The van der Waals surface area contributed by atoms with E-state index < -0.39 is 0 Å². The molecule has 3 aromatic heterocycles. The molecule has 11 aromatic carbocycles. The number of fused-ring (bicyclic) bond motifs is 10. The van der Waals surface area contributed by atoms with Gasteiger partial charge in [-0.3, -0.25) is 0 Å². The molecule has 2 aliphatic heterocycles. The van der Waals surface area contributed by atoms with Gasteiger partial charge in [-0.2, -0.15) is 0 Å². The lowest BCUT2D eigenvalue weighted by Crippen LogP contribution is -2.59. The van der Waals surface area contributed by atoms with Gasteiger partial charge < -0.3 is 9.13 Å². The van der Waals surface area contributed by atoms with Crippen LogP contribution in [0.3, 0.4) is 0 Å². The van der Waals surface area contributed by atoms with Gasteiger partial charge in [0.15, 0.2) is 5.82 Å². The number of hydrogen-bond donors (Lipinski definition) is 0. The quantitative estimate of drug-likeness (QED) is 0.149. The number of rotatable bonds is 7. The van der Waals surface area contributed by atoms with Crippen LogP contribution in [0.4, 0.5) is 0 Å². The average Bonchev–Trinajstić information content (AvgIpc) is 1.54. The molecule has 99 heavy (non-hydrogen) atoms. The van der Waals surface area contributed by atoms with E-state index in [4.69, 9.17) is 9.97 Å². The fraction of sp³-hybridized carbons (Fsp3) is 0.255. The van der Waals surface area contributed by atoms with Crippen LogP contribution in [0, 0.1) is 0 Å². The molecule has 0 unspecified atom stereocenters. The fourth-order valence-electron chi connectivity index (χ4n) is 15.8. The molecule has 5 heteroatoms. The van der Waals surface area contributed by atoms with Crippen molar-refractivity contribution in [2.45, 2.75) is 157 Å². The summed E-state index contributed by atoms with van der Waals surface area (Å²) in [5.74, 6) is 0.713. The van der Waals surface area contributed by atoms with E-state index in [-0.39, 0.29) is 39.2 Å². The van der Waals surface area contributed by atoms with Gasteiger partial charge in [-0.25, -0.2) is 9.97 Å². The number of nitrogens with zero attached hydrogens (tertiary/aromatic N) is 4. The Morgan fingerprint density at radius 2 is 0.586 bits per heavy atom. The molecule has 0 N–H and O–H groups in total. The molecule has 0 spiro atoms. The van der Waals surface area contributed by atoms with Crippen molar-refractivity contribution in [2.75, 3.05) is 0 Å². The van der Waals surface area contributed by atoms with Gasteiger partial charge in [-0.1, -0.05) is 270 Å². The van der Waals surface area contributed by atoms with Crippen LogP contribution in [0.25, 0.3) is 133 Å². The van der Waals surface area contributed by atoms with Crippen LogP contribution in [0.1, 0.15) is 158 Å². The van der Waals surface area contributed by atoms with E-state index in [0.717, 1.165) is 39.5 Å². The standard InChI is InChI=1S/C94H91BN4/c1-89(2,3)65-39-62(40-66(49-65)90(4,5)6)77-55-78(97-88(96-77)64-41-67(91(7,8)9)50-68(42-64)92(10,11)12)63-47-81-85-82(48-63)99-80-46-61(57-33-25-20-26-34-57)44-72(59-37-29-22-30-38-59)84(80)74-52-70(94(16,17)18)54-76(87(74)99)95(85)75-53-69(93(13,14)15)51-73-83-71(58-35-27-21-28-36-58)43-60(56-31-23-19-24-32-56)45-79(83)98(81)86(73)75/h19-55H,1-18H3. The first kappa shape index (κ1) is 63.9. The molecule has 4 nitrogen and oxygen atoms in total. The first-order chi connectivity index (χ1) is 46.8. The second kappa shape index (κ2) is 22.3. The second-order valence-electron chi connectivity index (χ2n) is 34.8. The summed E-state index contributed by atoms with van der Waals surface area (Å²) in [5.41, 5.74) is 32.4. The van der Waals surface area contributed by atoms with E-state index in [1.54, 1.807) is 0 Å². The predicted molar refractivity (Wildman–Crippen MR) is 426 cm³/mol. The zero-order chi connectivity index (χ0) is 69.4. The molecule has 0 radical (unpaired) electrons. The lowest BCUT2D eigenvalue weighted by Gasteiger charge is -2.36. The van der Waals surface area contributed by atoms with Crippen LogP contribution in [-0.4, -0.2) is 25.8 Å². The molecule has 0 saturated heterocycles. The Morgan fingerprint density at radius 1 is 0.273 bits per heavy atom. The molecule has 5 heterocycles. The van der Waals surface area contributed by atoms with Crippen LogP contribution >= 0.6 is 0 Å². The molecule has 2 aliphatic rings. The van der Waals surface area contributed by atoms with Crippen molar-refractivity contribution in [3.05, 3.63) is 258 Å². The van der Waals surface area contributed by atoms with E-state index in [1.807, 2.05) is 0 Å². The second-order valence-corrected chi connectivity index (χ2v) is 34.8. The van der Waals surface area contributed by atoms with Crippen LogP contribution in [0.2, 0.25) is 0 Å². The molecule has 0 atom stereocenters. The zero-order valence-electron chi connectivity index (χ0n) is 61.2. The van der Waals surface area contributed by atoms with E-state index >= 15 is 0 Å². The molecule has 14 aromatic rings. The van der Waals surface area contributed by atoms with Crippen molar-refractivity contribution < 1.29 is 0 Å². The zero-order valence-corrected chi connectivity index (χ0v) is 61.2. The Morgan fingerprint density at radius 3 is 0.929 bits per heavy atom. The smallest absolute Gasteiger partial charge is 0.252 e. The summed E-state index contributed by atoms with van der Waals surface area (Å²) < 4.78 is 5.40. The van der Waals surface area contributed by atoms with Gasteiger partial charge in [-0.15, -0.1) is 0 Å². The molecule has 16 rings (SSSR count). The minimum atomic E-state index is -0.184. The molecule has 0 fully saturated rings. The third-order valence-electron chi connectivity index (χ3n) is 21.5. The molecule has 0 aliphatic carbocycles. The summed E-state index contributed by atoms with van der Waals surface area (Å²) in [6, 6.07) is 86.3. The fourth-order valence-corrected chi connectivity index (χ4v) is 15.8. The van der Waals surface area contributed by atoms with E-state index in [0.29, 0.717) is 5.82 Å². The topological polar surface area (TPSA) is 35.6 Å². The van der Waals surface area contributed by atoms with Crippen molar-refractivity contribution >= 4 is 66.7 Å². The number of aromatic nitrogens is 4. The first-order valence-electron chi connectivity index (χ1n) is 35.8. The molecule has 0 saturated carbocycles. The minimum Gasteiger partial charge on any atom is -0.310 e. The SMILES string of the molecule is CC(C)(C)c1cc(-c2cc(-c3cc4c5c(c3)-n3c6cc(-c7ccccc7)cc(-c7ccccc7)c6c6cc(C(C)(C)C)cc(c63)B5c3cc(C(C)(C)C)cc5c6c(-c7ccccc7)cc(-c7ccccc7)cc6n-4c35)nc(-c3cc(C(C)(C)C)cc(C(C)(C)C)c3)n2)cc(C(C)(C)C)c1. The number of hydrogen-bond acceptors (Lipinski definition) is 2. The van der Waals surface area contributed by atoms with Crippen molar-refractivity contribution in [1.29, 1.82) is 0 Å². The molecular formula is C94H91BN4. The van der Waals surface area contributed by atoms with E-state index in [1.165, 1.54) is 138 Å². The summed E-state index contributed by atoms with van der Waals surface area (Å²) >= 11 is 0. The highest BCUT2D eigenvalue weighted by molar-refractivity contribution is 7.00.